The molecular weight excluding hydrogens is 366 g/mol. The molecule has 0 aliphatic heterocycles. The lowest BCUT2D eigenvalue weighted by atomic mass is 10.2. The summed E-state index contributed by atoms with van der Waals surface area (Å²) in [5.74, 6) is 0. The minimum absolute atomic E-state index is 0.0468. The number of hydrogen-bond acceptors (Lipinski definition) is 4. The van der Waals surface area contributed by atoms with Crippen LogP contribution in [0, 0.1) is 0 Å². The lowest BCUT2D eigenvalue weighted by molar-refractivity contribution is -0.194. The van der Waals surface area contributed by atoms with Crippen LogP contribution in [0.3, 0.4) is 0 Å². The smallest absolute Gasteiger partial charge is 0.282 e. The molecule has 0 rings (SSSR count). The first kappa shape index (κ1) is 26.0. The van der Waals surface area contributed by atoms with Crippen molar-refractivity contribution in [1.29, 1.82) is 0 Å². The van der Waals surface area contributed by atoms with Crippen LogP contribution < -0.4 is 0 Å². The highest BCUT2D eigenvalue weighted by molar-refractivity contribution is 7.47. The van der Waals surface area contributed by atoms with Crippen LogP contribution in [0.25, 0.3) is 0 Å². The predicted octanol–water partition coefficient (Wildman–Crippen LogP) is 7.80. The predicted molar refractivity (Wildman–Crippen MR) is 111 cm³/mol. The van der Waals surface area contributed by atoms with Crippen molar-refractivity contribution < 1.29 is 22.8 Å². The van der Waals surface area contributed by atoms with Crippen molar-refractivity contribution in [2.24, 2.45) is 0 Å². The molecule has 0 saturated heterocycles. The normalized spacial score (nSPS) is 14.9. The summed E-state index contributed by atoms with van der Waals surface area (Å²) in [5, 5.41) is 0. The van der Waals surface area contributed by atoms with Gasteiger partial charge in [-0.1, -0.05) is 68.4 Å². The van der Waals surface area contributed by atoms with E-state index in [1.165, 1.54) is 25.7 Å². The maximum absolute atomic E-state index is 13.0. The molecule has 0 aromatic carbocycles. The van der Waals surface area contributed by atoms with Gasteiger partial charge in [0.1, 0.15) is 0 Å². The minimum Gasteiger partial charge on any atom is -0.282 e. The molecule has 0 N–H and O–H groups in total. The third kappa shape index (κ3) is 21.2. The summed E-state index contributed by atoms with van der Waals surface area (Å²) >= 11 is 0. The topological polar surface area (TPSA) is 44.8 Å². The molecular formula is C21H36FO4P. The highest BCUT2D eigenvalue weighted by Crippen LogP contribution is 2.49. The molecule has 4 nitrogen and oxygen atoms in total. The Morgan fingerprint density at radius 3 is 1.74 bits per heavy atom. The number of halogens is 1. The van der Waals surface area contributed by atoms with E-state index in [9.17, 15) is 8.76 Å². The SMILES string of the molecule is CCCCCC=CCC=CCC=CCC=CCCCCOP(=O)(F)OOC. The van der Waals surface area contributed by atoms with Crippen LogP contribution in [0.2, 0.25) is 0 Å². The van der Waals surface area contributed by atoms with E-state index >= 15 is 0 Å². The Morgan fingerprint density at radius 2 is 1.26 bits per heavy atom. The number of hydrogen-bond donors (Lipinski definition) is 0. The Kier molecular flexibility index (Phi) is 19.0. The Hall–Kier alpha value is -1.00. The third-order valence-electron chi connectivity index (χ3n) is 3.63. The van der Waals surface area contributed by atoms with E-state index in [1.54, 1.807) is 0 Å². The van der Waals surface area contributed by atoms with Gasteiger partial charge < -0.3 is 0 Å². The average Bonchev–Trinajstić information content (AvgIpc) is 2.63. The highest BCUT2D eigenvalue weighted by Gasteiger charge is 2.24. The Morgan fingerprint density at radius 1 is 0.778 bits per heavy atom. The third-order valence-corrected chi connectivity index (χ3v) is 4.45. The summed E-state index contributed by atoms with van der Waals surface area (Å²) in [4.78, 5) is 4.01. The largest absolute Gasteiger partial charge is 0.540 e. The fraction of sp³-hybridized carbons (Fsp3) is 0.619. The van der Waals surface area contributed by atoms with Crippen molar-refractivity contribution in [2.45, 2.75) is 71.1 Å². The summed E-state index contributed by atoms with van der Waals surface area (Å²) in [6.45, 7) is 2.27. The maximum Gasteiger partial charge on any atom is 0.540 e. The van der Waals surface area contributed by atoms with Crippen LogP contribution in [0.4, 0.5) is 4.20 Å². The molecule has 0 aromatic heterocycles. The number of allylic oxidation sites excluding steroid dienone is 8. The van der Waals surface area contributed by atoms with Gasteiger partial charge in [0, 0.05) is 0 Å². The Bertz CT molecular complexity index is 487. The number of rotatable bonds is 18. The van der Waals surface area contributed by atoms with E-state index in [-0.39, 0.29) is 6.61 Å². The molecule has 0 bridgehead atoms. The van der Waals surface area contributed by atoms with Gasteiger partial charge in [0.2, 0.25) is 0 Å². The first-order chi connectivity index (χ1) is 13.1. The van der Waals surface area contributed by atoms with Gasteiger partial charge in [-0.15, -0.1) is 8.87 Å². The van der Waals surface area contributed by atoms with Crippen LogP contribution >= 0.6 is 7.91 Å². The van der Waals surface area contributed by atoms with Gasteiger partial charge in [-0.05, 0) is 51.4 Å². The molecule has 0 saturated carbocycles. The Labute approximate surface area is 164 Å². The van der Waals surface area contributed by atoms with Gasteiger partial charge >= 0.3 is 7.91 Å². The average molecular weight is 402 g/mol. The summed E-state index contributed by atoms with van der Waals surface area (Å²) in [6, 6.07) is 0. The van der Waals surface area contributed by atoms with Crippen molar-refractivity contribution in [3.63, 3.8) is 0 Å². The van der Waals surface area contributed by atoms with Crippen LogP contribution in [-0.4, -0.2) is 13.7 Å². The standard InChI is InChI=1S/C21H36FO4P/c1-3-4-5-6-7-8-9-10-11-12-13-14-15-16-17-18-19-20-21-25-27(22,23)26-24-2/h7-8,10-11,13-14,16-17H,3-6,9,12,15,18-21H2,1-2H3. The van der Waals surface area contributed by atoms with Crippen molar-refractivity contribution >= 4 is 7.91 Å². The molecule has 156 valence electrons. The zero-order valence-electron chi connectivity index (χ0n) is 16.9. The van der Waals surface area contributed by atoms with Crippen LogP contribution in [-0.2, 0) is 18.7 Å². The number of unbranched alkanes of at least 4 members (excludes halogenated alkanes) is 5. The molecule has 27 heavy (non-hydrogen) atoms. The van der Waals surface area contributed by atoms with Crippen LogP contribution in [0.1, 0.15) is 71.1 Å². The van der Waals surface area contributed by atoms with E-state index in [1.807, 2.05) is 0 Å². The molecule has 0 fully saturated rings. The van der Waals surface area contributed by atoms with Gasteiger partial charge in [0.25, 0.3) is 0 Å². The first-order valence-electron chi connectivity index (χ1n) is 9.89. The van der Waals surface area contributed by atoms with E-state index in [0.29, 0.717) is 6.42 Å². The first-order valence-corrected chi connectivity index (χ1v) is 11.3. The zero-order chi connectivity index (χ0) is 20.1. The lowest BCUT2D eigenvalue weighted by Gasteiger charge is -2.06. The van der Waals surface area contributed by atoms with E-state index in [2.05, 4.69) is 69.6 Å². The fourth-order valence-corrected chi connectivity index (χ4v) is 2.78. The van der Waals surface area contributed by atoms with Crippen LogP contribution in [0.5, 0.6) is 0 Å². The second-order valence-corrected chi connectivity index (χ2v) is 7.36. The summed E-state index contributed by atoms with van der Waals surface area (Å²) in [6.07, 6.45) is 27.7. The van der Waals surface area contributed by atoms with Crippen molar-refractivity contribution in [3.8, 4) is 0 Å². The van der Waals surface area contributed by atoms with Gasteiger partial charge in [0.15, 0.2) is 0 Å². The molecule has 0 amide bonds. The van der Waals surface area contributed by atoms with Crippen molar-refractivity contribution in [2.75, 3.05) is 13.7 Å². The molecule has 0 aliphatic carbocycles. The van der Waals surface area contributed by atoms with Gasteiger partial charge in [0.05, 0.1) is 13.7 Å². The van der Waals surface area contributed by atoms with E-state index in [4.69, 9.17) is 0 Å². The molecule has 1 atom stereocenters. The monoisotopic (exact) mass is 402 g/mol. The van der Waals surface area contributed by atoms with E-state index < -0.39 is 7.91 Å². The summed E-state index contributed by atoms with van der Waals surface area (Å²) in [7, 11) is -3.46. The van der Waals surface area contributed by atoms with Crippen LogP contribution in [0.15, 0.2) is 48.6 Å². The molecule has 6 heteroatoms. The van der Waals surface area contributed by atoms with Crippen molar-refractivity contribution in [1.82, 2.24) is 0 Å². The fourth-order valence-electron chi connectivity index (χ4n) is 2.21. The molecule has 0 heterocycles. The highest BCUT2D eigenvalue weighted by atomic mass is 31.2. The zero-order valence-corrected chi connectivity index (χ0v) is 17.7. The summed E-state index contributed by atoms with van der Waals surface area (Å²) < 4.78 is 32.3. The molecule has 0 aliphatic rings. The molecule has 0 radical (unpaired) electrons. The van der Waals surface area contributed by atoms with Gasteiger partial charge in [-0.2, -0.15) is 0 Å². The molecule has 1 unspecified atom stereocenters. The summed E-state index contributed by atoms with van der Waals surface area (Å²) in [5.41, 5.74) is 0. The second-order valence-electron chi connectivity index (χ2n) is 6.09. The van der Waals surface area contributed by atoms with Gasteiger partial charge in [-0.25, -0.2) is 9.45 Å². The van der Waals surface area contributed by atoms with Gasteiger partial charge in [-0.3, -0.25) is 4.52 Å². The minimum atomic E-state index is -4.54. The maximum atomic E-state index is 13.0. The lowest BCUT2D eigenvalue weighted by Crippen LogP contribution is -1.93. The second kappa shape index (κ2) is 19.8. The molecule has 0 aromatic rings. The van der Waals surface area contributed by atoms with E-state index in [0.717, 1.165) is 39.2 Å². The quantitative estimate of drug-likeness (QED) is 0.0771. The Balaban J connectivity index is 3.48. The van der Waals surface area contributed by atoms with Crippen molar-refractivity contribution in [3.05, 3.63) is 48.6 Å². The molecule has 0 spiro atoms.